The number of hydrogen-bond donors (Lipinski definition) is 1. The average Bonchev–Trinajstić information content (AvgIpc) is 2.99. The van der Waals surface area contributed by atoms with Crippen molar-refractivity contribution < 1.29 is 26.0 Å². The van der Waals surface area contributed by atoms with Crippen LogP contribution < -0.4 is 4.72 Å². The molecule has 11 heteroatoms. The number of alkyl halides is 3. The zero-order valence-corrected chi connectivity index (χ0v) is 18.6. The van der Waals surface area contributed by atoms with Gasteiger partial charge in [-0.3, -0.25) is 4.98 Å². The van der Waals surface area contributed by atoms with Crippen molar-refractivity contribution in [1.82, 2.24) is 14.3 Å². The van der Waals surface area contributed by atoms with Crippen molar-refractivity contribution >= 4 is 20.9 Å². The third-order valence-electron chi connectivity index (χ3n) is 5.95. The minimum Gasteiger partial charge on any atom is -0.335 e. The summed E-state index contributed by atoms with van der Waals surface area (Å²) < 4.78 is 80.9. The summed E-state index contributed by atoms with van der Waals surface area (Å²) in [5.41, 5.74) is 1.93. The van der Waals surface area contributed by atoms with E-state index >= 15 is 0 Å². The van der Waals surface area contributed by atoms with Gasteiger partial charge in [0.2, 0.25) is 10.0 Å². The predicted molar refractivity (Wildman–Crippen MR) is 113 cm³/mol. The zero-order chi connectivity index (χ0) is 24.1. The SMILES string of the molecule is Cc1cc2c(C#N)c(-c3ccc(S(=O)(=O)N[C@@H](C)C(F)(F)F)cn3)n(C3CCC3)c2cc1F. The maximum atomic E-state index is 14.4. The van der Waals surface area contributed by atoms with Crippen molar-refractivity contribution in [2.24, 2.45) is 0 Å². The number of sulfonamides is 1. The van der Waals surface area contributed by atoms with Crippen LogP contribution in [0.15, 0.2) is 35.4 Å². The van der Waals surface area contributed by atoms with Gasteiger partial charge >= 0.3 is 6.18 Å². The van der Waals surface area contributed by atoms with Gasteiger partial charge in [-0.25, -0.2) is 12.8 Å². The maximum absolute atomic E-state index is 14.4. The molecule has 2 aromatic heterocycles. The smallest absolute Gasteiger partial charge is 0.335 e. The van der Waals surface area contributed by atoms with Crippen molar-refractivity contribution in [3.8, 4) is 17.5 Å². The molecule has 1 fully saturated rings. The molecule has 1 N–H and O–H groups in total. The van der Waals surface area contributed by atoms with Gasteiger partial charge in [0.1, 0.15) is 22.8 Å². The first-order valence-electron chi connectivity index (χ1n) is 10.2. The molecule has 1 aliphatic carbocycles. The maximum Gasteiger partial charge on any atom is 0.404 e. The summed E-state index contributed by atoms with van der Waals surface area (Å²) in [4.78, 5) is 3.73. The van der Waals surface area contributed by atoms with E-state index in [0.29, 0.717) is 29.1 Å². The Kier molecular flexibility index (Phi) is 5.70. The summed E-state index contributed by atoms with van der Waals surface area (Å²) in [6, 6.07) is 5.39. The van der Waals surface area contributed by atoms with Crippen molar-refractivity contribution in [3.63, 3.8) is 0 Å². The van der Waals surface area contributed by atoms with Crippen LogP contribution in [0.4, 0.5) is 17.6 Å². The molecule has 0 aliphatic heterocycles. The molecular formula is C22H20F4N4O2S. The fourth-order valence-electron chi connectivity index (χ4n) is 3.87. The van der Waals surface area contributed by atoms with Gasteiger partial charge in [0, 0.05) is 17.6 Å². The van der Waals surface area contributed by atoms with Gasteiger partial charge in [-0.2, -0.15) is 23.2 Å². The van der Waals surface area contributed by atoms with E-state index < -0.39 is 33.0 Å². The van der Waals surface area contributed by atoms with Crippen LogP contribution in [-0.2, 0) is 10.0 Å². The van der Waals surface area contributed by atoms with Gasteiger partial charge in [-0.1, -0.05) is 0 Å². The highest BCUT2D eigenvalue weighted by Gasteiger charge is 2.39. The van der Waals surface area contributed by atoms with Crippen LogP contribution >= 0.6 is 0 Å². The van der Waals surface area contributed by atoms with Crippen molar-refractivity contribution in [1.29, 1.82) is 5.26 Å². The number of benzene rings is 1. The second-order valence-electron chi connectivity index (χ2n) is 8.17. The predicted octanol–water partition coefficient (Wildman–Crippen LogP) is 4.98. The lowest BCUT2D eigenvalue weighted by atomic mass is 9.92. The Morgan fingerprint density at radius 2 is 1.97 bits per heavy atom. The third kappa shape index (κ3) is 4.09. The number of halogens is 4. The van der Waals surface area contributed by atoms with Gasteiger partial charge in [0.05, 0.1) is 22.5 Å². The number of aromatic nitrogens is 2. The van der Waals surface area contributed by atoms with Crippen molar-refractivity contribution in [2.75, 3.05) is 0 Å². The normalized spacial score (nSPS) is 15.9. The topological polar surface area (TPSA) is 87.8 Å². The van der Waals surface area contributed by atoms with E-state index in [2.05, 4.69) is 11.1 Å². The number of rotatable bonds is 5. The zero-order valence-electron chi connectivity index (χ0n) is 17.7. The molecule has 0 unspecified atom stereocenters. The number of hydrogen-bond acceptors (Lipinski definition) is 4. The molecule has 1 saturated carbocycles. The Hall–Kier alpha value is -2.97. The molecule has 0 bridgehead atoms. The Morgan fingerprint density at radius 1 is 1.27 bits per heavy atom. The van der Waals surface area contributed by atoms with Crippen LogP contribution in [0.5, 0.6) is 0 Å². The monoisotopic (exact) mass is 480 g/mol. The van der Waals surface area contributed by atoms with E-state index in [-0.39, 0.29) is 17.3 Å². The van der Waals surface area contributed by atoms with Crippen LogP contribution in [-0.4, -0.2) is 30.2 Å². The molecule has 0 saturated heterocycles. The van der Waals surface area contributed by atoms with Gasteiger partial charge in [0.25, 0.3) is 0 Å². The van der Waals surface area contributed by atoms with E-state index in [1.807, 2.05) is 4.57 Å². The lowest BCUT2D eigenvalue weighted by molar-refractivity contribution is -0.147. The molecule has 33 heavy (non-hydrogen) atoms. The fourth-order valence-corrected chi connectivity index (χ4v) is 5.05. The van der Waals surface area contributed by atoms with E-state index in [0.717, 1.165) is 31.5 Å². The summed E-state index contributed by atoms with van der Waals surface area (Å²) in [5, 5.41) is 10.5. The quantitative estimate of drug-likeness (QED) is 0.522. The first-order chi connectivity index (χ1) is 15.4. The van der Waals surface area contributed by atoms with E-state index in [1.54, 1.807) is 17.7 Å². The number of nitrogens with one attached hydrogen (secondary N) is 1. The largest absolute Gasteiger partial charge is 0.404 e. The Bertz CT molecular complexity index is 1370. The van der Waals surface area contributed by atoms with Crippen molar-refractivity contribution in [2.45, 2.75) is 56.3 Å². The van der Waals surface area contributed by atoms with Gasteiger partial charge in [-0.05, 0) is 62.9 Å². The highest BCUT2D eigenvalue weighted by Crippen LogP contribution is 2.42. The van der Waals surface area contributed by atoms with Crippen LogP contribution in [0.2, 0.25) is 0 Å². The molecule has 1 aliphatic rings. The summed E-state index contributed by atoms with van der Waals surface area (Å²) in [6.45, 7) is 2.31. The number of nitriles is 1. The molecule has 0 spiro atoms. The van der Waals surface area contributed by atoms with Crippen molar-refractivity contribution in [3.05, 3.63) is 47.4 Å². The molecular weight excluding hydrogens is 460 g/mol. The van der Waals surface area contributed by atoms with Gasteiger partial charge in [-0.15, -0.1) is 0 Å². The fraction of sp³-hybridized carbons (Fsp3) is 0.364. The molecule has 6 nitrogen and oxygen atoms in total. The minimum atomic E-state index is -4.74. The summed E-state index contributed by atoms with van der Waals surface area (Å²) in [6.07, 6.45) is -1.13. The highest BCUT2D eigenvalue weighted by atomic mass is 32.2. The number of aryl methyl sites for hydroxylation is 1. The van der Waals surface area contributed by atoms with Gasteiger partial charge < -0.3 is 4.57 Å². The van der Waals surface area contributed by atoms with E-state index in [1.165, 1.54) is 12.1 Å². The second kappa shape index (κ2) is 8.11. The standard InChI is InChI=1S/C22H20F4N4O2S/c1-12-8-16-17(10-27)21(30(14-4-3-5-14)20(16)9-18(12)23)19-7-6-15(11-28-19)33(31,32)29-13(2)22(24,25)26/h6-9,11,13-14,29H,3-5H2,1-2H3/t13-/m0/s1. The first kappa shape index (κ1) is 23.2. The summed E-state index contributed by atoms with van der Waals surface area (Å²) >= 11 is 0. The number of nitrogens with zero attached hydrogens (tertiary/aromatic N) is 3. The third-order valence-corrected chi connectivity index (χ3v) is 7.47. The molecule has 0 amide bonds. The van der Waals surface area contributed by atoms with E-state index in [9.17, 15) is 31.2 Å². The molecule has 174 valence electrons. The van der Waals surface area contributed by atoms with Crippen LogP contribution in [0, 0.1) is 24.1 Å². The lowest BCUT2D eigenvalue weighted by Crippen LogP contribution is -2.42. The minimum absolute atomic E-state index is 0.0335. The molecule has 2 heterocycles. The molecule has 1 aromatic carbocycles. The highest BCUT2D eigenvalue weighted by molar-refractivity contribution is 7.89. The summed E-state index contributed by atoms with van der Waals surface area (Å²) in [5.74, 6) is -0.407. The Balaban J connectivity index is 1.82. The average molecular weight is 480 g/mol. The molecule has 4 rings (SSSR count). The summed E-state index contributed by atoms with van der Waals surface area (Å²) in [7, 11) is -4.47. The molecule has 3 aromatic rings. The first-order valence-corrected chi connectivity index (χ1v) is 11.7. The number of fused-ring (bicyclic) bond motifs is 1. The molecule has 0 radical (unpaired) electrons. The second-order valence-corrected chi connectivity index (χ2v) is 9.89. The Labute approximate surface area is 187 Å². The molecule has 1 atom stereocenters. The lowest BCUT2D eigenvalue weighted by Gasteiger charge is -2.30. The van der Waals surface area contributed by atoms with Gasteiger partial charge in [0.15, 0.2) is 0 Å². The number of pyridine rings is 1. The van der Waals surface area contributed by atoms with E-state index in [4.69, 9.17) is 0 Å². The van der Waals surface area contributed by atoms with Crippen LogP contribution in [0.25, 0.3) is 22.3 Å². The van der Waals surface area contributed by atoms with Crippen LogP contribution in [0.1, 0.15) is 43.4 Å². The Morgan fingerprint density at radius 3 is 2.48 bits per heavy atom. The van der Waals surface area contributed by atoms with Crippen LogP contribution in [0.3, 0.4) is 0 Å².